The minimum atomic E-state index is -1.03. The Morgan fingerprint density at radius 1 is 1.20 bits per heavy atom. The predicted octanol–water partition coefficient (Wildman–Crippen LogP) is 3.35. The Balaban J connectivity index is 2.34. The van der Waals surface area contributed by atoms with Crippen molar-refractivity contribution in [2.45, 2.75) is 27.2 Å². The lowest BCUT2D eigenvalue weighted by Gasteiger charge is -2.07. The molecule has 0 unspecified atom stereocenters. The number of aromatic carboxylic acids is 1. The molecule has 0 amide bonds. The molecule has 4 heteroatoms. The first-order valence-corrected chi connectivity index (χ1v) is 6.64. The lowest BCUT2D eigenvalue weighted by molar-refractivity contribution is 0.0690. The van der Waals surface area contributed by atoms with E-state index in [0.717, 1.165) is 12.0 Å². The summed E-state index contributed by atoms with van der Waals surface area (Å²) in [5, 5.41) is 9.03. The molecule has 1 N–H and O–H groups in total. The highest BCUT2D eigenvalue weighted by molar-refractivity contribution is 5.86. The second kappa shape index (κ2) is 5.82. The van der Waals surface area contributed by atoms with Crippen molar-refractivity contribution in [1.82, 2.24) is 9.97 Å². The third kappa shape index (κ3) is 3.41. The Labute approximate surface area is 118 Å². The van der Waals surface area contributed by atoms with Crippen LogP contribution in [0.1, 0.15) is 35.7 Å². The van der Waals surface area contributed by atoms with Gasteiger partial charge in [0.1, 0.15) is 5.82 Å². The number of benzene rings is 1. The van der Waals surface area contributed by atoms with Crippen molar-refractivity contribution >= 4 is 5.97 Å². The van der Waals surface area contributed by atoms with E-state index >= 15 is 0 Å². The summed E-state index contributed by atoms with van der Waals surface area (Å²) in [6, 6.07) is 9.59. The molecule has 4 nitrogen and oxygen atoms in total. The first-order chi connectivity index (χ1) is 9.45. The molecule has 0 aliphatic heterocycles. The fourth-order valence-electron chi connectivity index (χ4n) is 2.11. The van der Waals surface area contributed by atoms with Crippen molar-refractivity contribution in [1.29, 1.82) is 0 Å². The summed E-state index contributed by atoms with van der Waals surface area (Å²) in [5.41, 5.74) is 2.85. The molecule has 0 saturated heterocycles. The summed E-state index contributed by atoms with van der Waals surface area (Å²) in [6.45, 7) is 6.06. The topological polar surface area (TPSA) is 63.1 Å². The average Bonchev–Trinajstić information content (AvgIpc) is 2.38. The third-order valence-electron chi connectivity index (χ3n) is 2.95. The monoisotopic (exact) mass is 270 g/mol. The lowest BCUT2D eigenvalue weighted by Crippen LogP contribution is -2.04. The van der Waals surface area contributed by atoms with Gasteiger partial charge in [0.05, 0.1) is 5.69 Å². The number of rotatable bonds is 4. The molecule has 0 bridgehead atoms. The molecule has 2 rings (SSSR count). The highest BCUT2D eigenvalue weighted by atomic mass is 16.4. The van der Waals surface area contributed by atoms with Gasteiger partial charge in [-0.1, -0.05) is 38.1 Å². The van der Waals surface area contributed by atoms with Gasteiger partial charge < -0.3 is 5.11 Å². The molecule has 104 valence electrons. The van der Waals surface area contributed by atoms with Crippen molar-refractivity contribution in [2.75, 3.05) is 0 Å². The van der Waals surface area contributed by atoms with E-state index in [1.165, 1.54) is 11.6 Å². The molecular weight excluding hydrogens is 252 g/mol. The van der Waals surface area contributed by atoms with E-state index in [1.807, 2.05) is 12.1 Å². The zero-order valence-corrected chi connectivity index (χ0v) is 11.9. The zero-order valence-electron chi connectivity index (χ0n) is 11.9. The number of hydrogen-bond donors (Lipinski definition) is 1. The SMILES string of the molecule is Cc1nc(C(=O)O)cc(-c2ccc(CC(C)C)cc2)n1. The van der Waals surface area contributed by atoms with Crippen LogP contribution in [0.25, 0.3) is 11.3 Å². The van der Waals surface area contributed by atoms with Gasteiger partial charge in [0.2, 0.25) is 0 Å². The molecule has 1 aromatic carbocycles. The highest BCUT2D eigenvalue weighted by Gasteiger charge is 2.10. The molecule has 1 aromatic heterocycles. The van der Waals surface area contributed by atoms with Crippen LogP contribution in [0, 0.1) is 12.8 Å². The zero-order chi connectivity index (χ0) is 14.7. The van der Waals surface area contributed by atoms with Gasteiger partial charge in [0, 0.05) is 5.56 Å². The van der Waals surface area contributed by atoms with E-state index in [4.69, 9.17) is 5.11 Å². The predicted molar refractivity (Wildman–Crippen MR) is 77.7 cm³/mol. The Kier molecular flexibility index (Phi) is 4.13. The van der Waals surface area contributed by atoms with Crippen LogP contribution in [0.4, 0.5) is 0 Å². The van der Waals surface area contributed by atoms with Gasteiger partial charge in [-0.25, -0.2) is 14.8 Å². The average molecular weight is 270 g/mol. The first kappa shape index (κ1) is 14.2. The smallest absolute Gasteiger partial charge is 0.354 e. The molecule has 0 atom stereocenters. The normalized spacial score (nSPS) is 10.8. The van der Waals surface area contributed by atoms with Gasteiger partial charge in [-0.15, -0.1) is 0 Å². The van der Waals surface area contributed by atoms with Crippen LogP contribution in [0.15, 0.2) is 30.3 Å². The van der Waals surface area contributed by atoms with Crippen molar-refractivity contribution in [2.24, 2.45) is 5.92 Å². The number of nitrogens with zero attached hydrogens (tertiary/aromatic N) is 2. The first-order valence-electron chi connectivity index (χ1n) is 6.64. The Hall–Kier alpha value is -2.23. The summed E-state index contributed by atoms with van der Waals surface area (Å²) in [5.74, 6) is 0.0418. The third-order valence-corrected chi connectivity index (χ3v) is 2.95. The minimum absolute atomic E-state index is 0.0266. The van der Waals surface area contributed by atoms with Crippen LogP contribution in [-0.2, 0) is 6.42 Å². The lowest BCUT2D eigenvalue weighted by atomic mass is 10.0. The number of aryl methyl sites for hydroxylation is 1. The number of hydrogen-bond acceptors (Lipinski definition) is 3. The second-order valence-electron chi connectivity index (χ2n) is 5.29. The van der Waals surface area contributed by atoms with E-state index in [0.29, 0.717) is 17.4 Å². The molecule has 1 heterocycles. The van der Waals surface area contributed by atoms with Gasteiger partial charge in [0.25, 0.3) is 0 Å². The van der Waals surface area contributed by atoms with Crippen molar-refractivity contribution in [3.63, 3.8) is 0 Å². The van der Waals surface area contributed by atoms with Gasteiger partial charge in [-0.05, 0) is 30.9 Å². The maximum absolute atomic E-state index is 11.0. The quantitative estimate of drug-likeness (QED) is 0.925. The highest BCUT2D eigenvalue weighted by Crippen LogP contribution is 2.20. The number of carboxylic acids is 1. The Morgan fingerprint density at radius 3 is 2.40 bits per heavy atom. The molecule has 0 spiro atoms. The Morgan fingerprint density at radius 2 is 1.85 bits per heavy atom. The van der Waals surface area contributed by atoms with Crippen molar-refractivity contribution < 1.29 is 9.90 Å². The van der Waals surface area contributed by atoms with Crippen LogP contribution < -0.4 is 0 Å². The van der Waals surface area contributed by atoms with Crippen LogP contribution in [0.5, 0.6) is 0 Å². The fraction of sp³-hybridized carbons (Fsp3) is 0.312. The molecule has 0 fully saturated rings. The molecule has 0 saturated carbocycles. The van der Waals surface area contributed by atoms with Gasteiger partial charge in [-0.3, -0.25) is 0 Å². The fourth-order valence-corrected chi connectivity index (χ4v) is 2.11. The van der Waals surface area contributed by atoms with Gasteiger partial charge in [0.15, 0.2) is 5.69 Å². The Bertz CT molecular complexity index is 619. The van der Waals surface area contributed by atoms with E-state index in [9.17, 15) is 4.79 Å². The van der Waals surface area contributed by atoms with Gasteiger partial charge >= 0.3 is 5.97 Å². The minimum Gasteiger partial charge on any atom is -0.477 e. The van der Waals surface area contributed by atoms with Crippen LogP contribution >= 0.6 is 0 Å². The van der Waals surface area contributed by atoms with E-state index in [2.05, 4.69) is 35.9 Å². The van der Waals surface area contributed by atoms with E-state index < -0.39 is 5.97 Å². The summed E-state index contributed by atoms with van der Waals surface area (Å²) in [7, 11) is 0. The second-order valence-corrected chi connectivity index (χ2v) is 5.29. The number of carbonyl (C=O) groups is 1. The van der Waals surface area contributed by atoms with Crippen molar-refractivity contribution in [3.05, 3.63) is 47.4 Å². The number of carboxylic acid groups (broad SMARTS) is 1. The van der Waals surface area contributed by atoms with Crippen LogP contribution in [-0.4, -0.2) is 21.0 Å². The molecule has 0 radical (unpaired) electrons. The summed E-state index contributed by atoms with van der Waals surface area (Å²) < 4.78 is 0. The standard InChI is InChI=1S/C16H18N2O2/c1-10(2)8-12-4-6-13(7-5-12)14-9-15(16(19)20)18-11(3)17-14/h4-7,9-10H,8H2,1-3H3,(H,19,20). The molecular formula is C16H18N2O2. The molecule has 0 aliphatic rings. The van der Waals surface area contributed by atoms with Crippen molar-refractivity contribution in [3.8, 4) is 11.3 Å². The van der Waals surface area contributed by atoms with Gasteiger partial charge in [-0.2, -0.15) is 0 Å². The molecule has 0 aliphatic carbocycles. The largest absolute Gasteiger partial charge is 0.477 e. The number of aromatic nitrogens is 2. The maximum atomic E-state index is 11.0. The summed E-state index contributed by atoms with van der Waals surface area (Å²) in [6.07, 6.45) is 1.03. The van der Waals surface area contributed by atoms with Crippen LogP contribution in [0.3, 0.4) is 0 Å². The van der Waals surface area contributed by atoms with Crippen LogP contribution in [0.2, 0.25) is 0 Å². The van der Waals surface area contributed by atoms with E-state index in [-0.39, 0.29) is 5.69 Å². The van der Waals surface area contributed by atoms with E-state index in [1.54, 1.807) is 6.92 Å². The maximum Gasteiger partial charge on any atom is 0.354 e. The summed E-state index contributed by atoms with van der Waals surface area (Å²) >= 11 is 0. The summed E-state index contributed by atoms with van der Waals surface area (Å²) in [4.78, 5) is 19.2. The molecule has 2 aromatic rings. The molecule has 20 heavy (non-hydrogen) atoms.